The van der Waals surface area contributed by atoms with E-state index in [0.29, 0.717) is 12.3 Å². The largest absolute Gasteiger partial charge is 0.481 e. The molecule has 2 atom stereocenters. The van der Waals surface area contributed by atoms with Crippen LogP contribution in [0.25, 0.3) is 0 Å². The van der Waals surface area contributed by atoms with Gasteiger partial charge >= 0.3 is 13.1 Å². The van der Waals surface area contributed by atoms with Crippen LogP contribution in [0, 0.1) is 5.92 Å². The molecule has 1 saturated carbocycles. The van der Waals surface area contributed by atoms with Crippen molar-refractivity contribution >= 4 is 19.0 Å². The summed E-state index contributed by atoms with van der Waals surface area (Å²) in [6.07, 6.45) is 3.18. The fourth-order valence-corrected chi connectivity index (χ4v) is 3.08. The van der Waals surface area contributed by atoms with E-state index in [2.05, 4.69) is 5.32 Å². The highest BCUT2D eigenvalue weighted by Gasteiger charge is 2.35. The van der Waals surface area contributed by atoms with Crippen molar-refractivity contribution in [2.45, 2.75) is 56.6 Å². The zero-order chi connectivity index (χ0) is 16.8. The fourth-order valence-electron chi connectivity index (χ4n) is 3.08. The van der Waals surface area contributed by atoms with E-state index in [4.69, 9.17) is 20.2 Å². The van der Waals surface area contributed by atoms with Crippen LogP contribution in [0.5, 0.6) is 0 Å². The molecule has 2 aliphatic rings. The van der Waals surface area contributed by atoms with E-state index >= 15 is 0 Å². The highest BCUT2D eigenvalue weighted by Crippen LogP contribution is 2.25. The number of aliphatic carboxylic acids is 1. The first-order valence-corrected chi connectivity index (χ1v) is 8.12. The Balaban J connectivity index is 1.77. The minimum absolute atomic E-state index is 0.0796. The van der Waals surface area contributed by atoms with Crippen LogP contribution in [0.2, 0.25) is 0 Å². The lowest BCUT2D eigenvalue weighted by Crippen LogP contribution is -2.50. The molecule has 1 amide bonds. The number of nitrogens with one attached hydrogen (secondary N) is 1. The number of carboxylic acid groups (broad SMARTS) is 1. The van der Waals surface area contributed by atoms with E-state index in [-0.39, 0.29) is 31.6 Å². The van der Waals surface area contributed by atoms with Crippen LogP contribution in [0.15, 0.2) is 0 Å². The van der Waals surface area contributed by atoms with Crippen LogP contribution < -0.4 is 11.1 Å². The maximum absolute atomic E-state index is 12.1. The second-order valence-electron chi connectivity index (χ2n) is 6.44. The molecule has 1 saturated heterocycles. The third-order valence-electron chi connectivity index (χ3n) is 4.39. The Labute approximate surface area is 135 Å². The van der Waals surface area contributed by atoms with Crippen molar-refractivity contribution in [2.75, 3.05) is 13.2 Å². The Bertz CT molecular complexity index is 416. The van der Waals surface area contributed by atoms with Gasteiger partial charge in [0.2, 0.25) is 5.91 Å². The molecule has 0 unspecified atom stereocenters. The molecule has 1 aliphatic carbocycles. The fraction of sp³-hybridized carbons (Fsp3) is 0.857. The Hall–Kier alpha value is -1.16. The molecule has 0 aromatic carbocycles. The number of nitrogens with two attached hydrogens (primary N) is 1. The van der Waals surface area contributed by atoms with Crippen molar-refractivity contribution < 1.29 is 29.1 Å². The Morgan fingerprint density at radius 2 is 1.87 bits per heavy atom. The lowest BCUT2D eigenvalue weighted by Gasteiger charge is -2.26. The van der Waals surface area contributed by atoms with Crippen molar-refractivity contribution in [3.05, 3.63) is 0 Å². The van der Waals surface area contributed by atoms with Crippen molar-refractivity contribution in [2.24, 2.45) is 11.7 Å². The van der Waals surface area contributed by atoms with Crippen LogP contribution in [0.3, 0.4) is 0 Å². The predicted molar refractivity (Wildman–Crippen MR) is 82.4 cm³/mol. The summed E-state index contributed by atoms with van der Waals surface area (Å²) >= 11 is 0. The lowest BCUT2D eigenvalue weighted by atomic mass is 9.78. The summed E-state index contributed by atoms with van der Waals surface area (Å²) < 4.78 is 10.6. The molecular weight excluding hydrogens is 303 g/mol. The summed E-state index contributed by atoms with van der Waals surface area (Å²) in [6.45, 7) is 0.175. The summed E-state index contributed by atoms with van der Waals surface area (Å²) in [7, 11) is -1.27. The number of hydrogen-bond acceptors (Lipinski definition) is 6. The van der Waals surface area contributed by atoms with Crippen LogP contribution in [0.1, 0.15) is 38.5 Å². The topological polar surface area (TPSA) is 131 Å². The minimum atomic E-state index is -1.27. The molecule has 5 N–H and O–H groups in total. The average Bonchev–Trinajstić information content (AvgIpc) is 2.63. The van der Waals surface area contributed by atoms with Crippen LogP contribution in [-0.2, 0) is 19.0 Å². The summed E-state index contributed by atoms with van der Waals surface area (Å²) in [5.41, 5.74) is 5.85. The SMILES string of the molecule is N[C@H]1CC[C@H](CC(=O)N[C@H]2COC[C@H](CC(=O)O)OB2O)CC1. The first-order valence-electron chi connectivity index (χ1n) is 8.12. The summed E-state index contributed by atoms with van der Waals surface area (Å²) in [6, 6.07) is 0.242. The van der Waals surface area contributed by atoms with Crippen molar-refractivity contribution in [3.8, 4) is 0 Å². The number of carboxylic acids is 1. The summed E-state index contributed by atoms with van der Waals surface area (Å²) in [5.74, 6) is -1.55. The minimum Gasteiger partial charge on any atom is -0.481 e. The van der Waals surface area contributed by atoms with Gasteiger partial charge in [-0.15, -0.1) is 0 Å². The number of carbonyl (C=O) groups excluding carboxylic acids is 1. The molecule has 0 radical (unpaired) electrons. The molecular formula is C14H25BN2O6. The van der Waals surface area contributed by atoms with Crippen LogP contribution >= 0.6 is 0 Å². The molecule has 130 valence electrons. The molecule has 23 heavy (non-hydrogen) atoms. The zero-order valence-corrected chi connectivity index (χ0v) is 13.1. The van der Waals surface area contributed by atoms with E-state index in [1.54, 1.807) is 0 Å². The van der Waals surface area contributed by atoms with Crippen molar-refractivity contribution in [1.29, 1.82) is 0 Å². The molecule has 8 nitrogen and oxygen atoms in total. The highest BCUT2D eigenvalue weighted by atomic mass is 16.6. The number of hydrogen-bond donors (Lipinski definition) is 4. The predicted octanol–water partition coefficient (Wildman–Crippen LogP) is -0.711. The smallest absolute Gasteiger partial charge is 0.480 e. The Morgan fingerprint density at radius 1 is 1.17 bits per heavy atom. The average molecular weight is 328 g/mol. The molecule has 0 aromatic heterocycles. The molecule has 0 aromatic rings. The van der Waals surface area contributed by atoms with Crippen molar-refractivity contribution in [1.82, 2.24) is 5.32 Å². The number of carbonyl (C=O) groups is 2. The third-order valence-corrected chi connectivity index (χ3v) is 4.39. The highest BCUT2D eigenvalue weighted by molar-refractivity contribution is 6.45. The van der Waals surface area contributed by atoms with Gasteiger partial charge in [0.15, 0.2) is 0 Å². The van der Waals surface area contributed by atoms with Gasteiger partial charge in [-0.3, -0.25) is 9.59 Å². The summed E-state index contributed by atoms with van der Waals surface area (Å²) in [4.78, 5) is 22.8. The van der Waals surface area contributed by atoms with Gasteiger partial charge < -0.3 is 30.6 Å². The number of amides is 1. The van der Waals surface area contributed by atoms with Gasteiger partial charge in [0.25, 0.3) is 0 Å². The van der Waals surface area contributed by atoms with Crippen LogP contribution in [0.4, 0.5) is 0 Å². The third kappa shape index (κ3) is 6.10. The van der Waals surface area contributed by atoms with Gasteiger partial charge in [0.05, 0.1) is 31.7 Å². The quantitative estimate of drug-likeness (QED) is 0.490. The van der Waals surface area contributed by atoms with E-state index in [1.807, 2.05) is 0 Å². The Kier molecular flexibility index (Phi) is 6.82. The van der Waals surface area contributed by atoms with E-state index < -0.39 is 25.1 Å². The second-order valence-corrected chi connectivity index (χ2v) is 6.44. The molecule has 9 heteroatoms. The zero-order valence-electron chi connectivity index (χ0n) is 13.1. The molecule has 1 aliphatic heterocycles. The second kappa shape index (κ2) is 8.63. The number of rotatable bonds is 5. The maximum atomic E-state index is 12.1. The first-order chi connectivity index (χ1) is 10.9. The van der Waals surface area contributed by atoms with E-state index in [9.17, 15) is 14.6 Å². The monoisotopic (exact) mass is 328 g/mol. The normalized spacial score (nSPS) is 32.2. The van der Waals surface area contributed by atoms with Gasteiger partial charge in [-0.2, -0.15) is 0 Å². The maximum Gasteiger partial charge on any atom is 0.480 e. The van der Waals surface area contributed by atoms with E-state index in [0.717, 1.165) is 25.7 Å². The van der Waals surface area contributed by atoms with Gasteiger partial charge in [-0.25, -0.2) is 0 Å². The van der Waals surface area contributed by atoms with Gasteiger partial charge in [-0.1, -0.05) is 0 Å². The standard InChI is InChI=1S/C14H25BN2O6/c16-10-3-1-9(2-4-10)5-13(18)17-12-8-22-7-11(6-14(19)20)23-15(12)21/h9-12,21H,1-8,16H2,(H,17,18)(H,19,20)/t9-,10-,11-,12-/m0/s1. The first kappa shape index (κ1) is 18.2. The lowest BCUT2D eigenvalue weighted by molar-refractivity contribution is -0.139. The van der Waals surface area contributed by atoms with Gasteiger partial charge in [-0.05, 0) is 31.6 Å². The molecule has 0 spiro atoms. The van der Waals surface area contributed by atoms with Gasteiger partial charge in [0.1, 0.15) is 0 Å². The number of ether oxygens (including phenoxy) is 1. The molecule has 0 bridgehead atoms. The molecule has 2 fully saturated rings. The van der Waals surface area contributed by atoms with Crippen LogP contribution in [-0.4, -0.2) is 60.4 Å². The molecule has 1 heterocycles. The summed E-state index contributed by atoms with van der Waals surface area (Å²) in [5, 5.41) is 21.5. The van der Waals surface area contributed by atoms with E-state index in [1.165, 1.54) is 0 Å². The Morgan fingerprint density at radius 3 is 2.52 bits per heavy atom. The van der Waals surface area contributed by atoms with Crippen molar-refractivity contribution in [3.63, 3.8) is 0 Å². The van der Waals surface area contributed by atoms with Gasteiger partial charge in [0, 0.05) is 12.5 Å². The molecule has 2 rings (SSSR count).